The summed E-state index contributed by atoms with van der Waals surface area (Å²) in [5.74, 6) is 0.980. The molecule has 9 heteroatoms. The predicted octanol–water partition coefficient (Wildman–Crippen LogP) is 3.19. The molecule has 2 aromatic rings. The molecule has 168 valence electrons. The predicted molar refractivity (Wildman–Crippen MR) is 123 cm³/mol. The smallest absolute Gasteiger partial charge is 0.223 e. The molecule has 1 saturated heterocycles. The fourth-order valence-electron chi connectivity index (χ4n) is 3.54. The van der Waals surface area contributed by atoms with E-state index in [0.29, 0.717) is 50.6 Å². The molecule has 1 amide bonds. The van der Waals surface area contributed by atoms with Crippen LogP contribution in [0.15, 0.2) is 53.0 Å². The number of carbonyl (C=O) groups is 1. The number of amides is 1. The first-order valence-corrected chi connectivity index (χ1v) is 12.5. The van der Waals surface area contributed by atoms with Gasteiger partial charge in [-0.2, -0.15) is 0 Å². The van der Waals surface area contributed by atoms with Crippen LogP contribution in [0.25, 0.3) is 0 Å². The first-order valence-electron chi connectivity index (χ1n) is 10.1. The van der Waals surface area contributed by atoms with E-state index < -0.39 is 10.0 Å². The summed E-state index contributed by atoms with van der Waals surface area (Å²) in [6.07, 6.45) is 1.02. The maximum absolute atomic E-state index is 12.7. The van der Waals surface area contributed by atoms with Crippen LogP contribution >= 0.6 is 15.9 Å². The molecule has 3 rings (SSSR count). The molecule has 0 aromatic heterocycles. The Kier molecular flexibility index (Phi) is 8.34. The Morgan fingerprint density at radius 1 is 1.13 bits per heavy atom. The highest BCUT2D eigenvalue weighted by Crippen LogP contribution is 2.26. The van der Waals surface area contributed by atoms with Crippen LogP contribution in [0.2, 0.25) is 0 Å². The van der Waals surface area contributed by atoms with Gasteiger partial charge in [0.15, 0.2) is 11.5 Å². The second-order valence-electron chi connectivity index (χ2n) is 7.35. The lowest BCUT2D eigenvalue weighted by Gasteiger charge is -2.30. The van der Waals surface area contributed by atoms with Gasteiger partial charge in [0, 0.05) is 23.5 Å². The maximum atomic E-state index is 12.7. The van der Waals surface area contributed by atoms with Crippen LogP contribution in [0.5, 0.6) is 11.5 Å². The summed E-state index contributed by atoms with van der Waals surface area (Å²) >= 11 is 3.37. The number of halogens is 1. The zero-order chi connectivity index (χ0) is 22.3. The number of ether oxygens (including phenoxy) is 2. The second-order valence-corrected chi connectivity index (χ2v) is 10.2. The van der Waals surface area contributed by atoms with E-state index in [1.807, 2.05) is 42.5 Å². The Balaban J connectivity index is 1.42. The molecule has 1 aliphatic heterocycles. The van der Waals surface area contributed by atoms with Crippen molar-refractivity contribution in [1.82, 2.24) is 9.62 Å². The average molecular weight is 511 g/mol. The molecule has 1 fully saturated rings. The Morgan fingerprint density at radius 2 is 1.84 bits per heavy atom. The summed E-state index contributed by atoms with van der Waals surface area (Å²) in [5, 5.41) is 2.88. The summed E-state index contributed by atoms with van der Waals surface area (Å²) in [6.45, 7) is 1.41. The molecular formula is C22H27BrN2O5S. The zero-order valence-corrected chi connectivity index (χ0v) is 19.8. The molecule has 0 aliphatic carbocycles. The van der Waals surface area contributed by atoms with E-state index in [4.69, 9.17) is 9.47 Å². The van der Waals surface area contributed by atoms with E-state index >= 15 is 0 Å². The number of rotatable bonds is 9. The summed E-state index contributed by atoms with van der Waals surface area (Å²) in [4.78, 5) is 12.5. The van der Waals surface area contributed by atoms with Crippen molar-refractivity contribution in [3.05, 3.63) is 58.6 Å². The molecule has 1 N–H and O–H groups in total. The number of benzene rings is 2. The molecule has 0 atom stereocenters. The molecule has 1 aliphatic rings. The third-order valence-corrected chi connectivity index (χ3v) is 7.53. The minimum Gasteiger partial charge on any atom is -0.493 e. The number of nitrogens with zero attached hydrogens (tertiary/aromatic N) is 1. The summed E-state index contributed by atoms with van der Waals surface area (Å²) in [7, 11) is -1.83. The number of methoxy groups -OCH3 is 1. The van der Waals surface area contributed by atoms with Gasteiger partial charge in [-0.15, -0.1) is 0 Å². The lowest BCUT2D eigenvalue weighted by Crippen LogP contribution is -2.43. The van der Waals surface area contributed by atoms with Crippen LogP contribution in [0.3, 0.4) is 0 Å². The summed E-state index contributed by atoms with van der Waals surface area (Å²) in [6, 6.07) is 14.6. The van der Waals surface area contributed by atoms with Crippen molar-refractivity contribution >= 4 is 31.9 Å². The van der Waals surface area contributed by atoms with Gasteiger partial charge in [-0.1, -0.05) is 40.2 Å². The van der Waals surface area contributed by atoms with E-state index in [9.17, 15) is 13.2 Å². The molecule has 1 heterocycles. The largest absolute Gasteiger partial charge is 0.493 e. The molecule has 0 unspecified atom stereocenters. The van der Waals surface area contributed by atoms with Gasteiger partial charge in [0.2, 0.25) is 15.9 Å². The third-order valence-electron chi connectivity index (χ3n) is 5.18. The van der Waals surface area contributed by atoms with E-state index in [2.05, 4.69) is 21.2 Å². The molecule has 0 radical (unpaired) electrons. The van der Waals surface area contributed by atoms with Crippen LogP contribution < -0.4 is 14.8 Å². The first kappa shape index (κ1) is 23.6. The van der Waals surface area contributed by atoms with Crippen LogP contribution in [0, 0.1) is 5.92 Å². The molecule has 0 bridgehead atoms. The number of hydrogen-bond acceptors (Lipinski definition) is 5. The maximum Gasteiger partial charge on any atom is 0.223 e. The van der Waals surface area contributed by atoms with Gasteiger partial charge in [-0.05, 0) is 42.7 Å². The van der Waals surface area contributed by atoms with Crippen molar-refractivity contribution in [2.75, 3.05) is 33.4 Å². The minimum atomic E-state index is -3.41. The van der Waals surface area contributed by atoms with E-state index in [1.54, 1.807) is 13.2 Å². The normalized spacial score (nSPS) is 15.4. The van der Waals surface area contributed by atoms with Gasteiger partial charge in [0.25, 0.3) is 0 Å². The summed E-state index contributed by atoms with van der Waals surface area (Å²) in [5.41, 5.74) is 0.740. The Hall–Kier alpha value is -2.10. The van der Waals surface area contributed by atoms with Crippen molar-refractivity contribution in [1.29, 1.82) is 0 Å². The first-order chi connectivity index (χ1) is 14.9. The van der Waals surface area contributed by atoms with Crippen molar-refractivity contribution in [2.45, 2.75) is 18.6 Å². The van der Waals surface area contributed by atoms with Crippen LogP contribution in [0.1, 0.15) is 18.4 Å². The molecule has 0 spiro atoms. The monoisotopic (exact) mass is 510 g/mol. The fraction of sp³-hybridized carbons (Fsp3) is 0.409. The molecule has 7 nitrogen and oxygen atoms in total. The second kappa shape index (κ2) is 11.0. The number of para-hydroxylation sites is 2. The van der Waals surface area contributed by atoms with E-state index in [0.717, 1.165) is 10.0 Å². The lowest BCUT2D eigenvalue weighted by atomic mass is 9.97. The number of carbonyl (C=O) groups excluding carboxylic acids is 1. The SMILES string of the molecule is COc1ccccc1OCCNC(=O)C1CCN(S(=O)(=O)Cc2cccc(Br)c2)CC1. The van der Waals surface area contributed by atoms with Gasteiger partial charge in [-0.3, -0.25) is 4.79 Å². The zero-order valence-electron chi connectivity index (χ0n) is 17.4. The lowest BCUT2D eigenvalue weighted by molar-refractivity contribution is -0.126. The Morgan fingerprint density at radius 3 is 2.52 bits per heavy atom. The fourth-order valence-corrected chi connectivity index (χ4v) is 5.54. The highest BCUT2D eigenvalue weighted by molar-refractivity contribution is 9.10. The molecule has 31 heavy (non-hydrogen) atoms. The van der Waals surface area contributed by atoms with E-state index in [-0.39, 0.29) is 17.6 Å². The number of hydrogen-bond donors (Lipinski definition) is 1. The van der Waals surface area contributed by atoms with Crippen LogP contribution in [-0.2, 0) is 20.6 Å². The number of piperidine rings is 1. The van der Waals surface area contributed by atoms with Crippen molar-refractivity contribution in [2.24, 2.45) is 5.92 Å². The Bertz CT molecular complexity index is 991. The molecule has 2 aromatic carbocycles. The topological polar surface area (TPSA) is 84.9 Å². The van der Waals surface area contributed by atoms with Gasteiger partial charge < -0.3 is 14.8 Å². The molecule has 0 saturated carbocycles. The number of sulfonamides is 1. The van der Waals surface area contributed by atoms with E-state index in [1.165, 1.54) is 4.31 Å². The van der Waals surface area contributed by atoms with Crippen LogP contribution in [-0.4, -0.2) is 52.0 Å². The van der Waals surface area contributed by atoms with Crippen molar-refractivity contribution in [3.63, 3.8) is 0 Å². The highest BCUT2D eigenvalue weighted by atomic mass is 79.9. The Labute approximate surface area is 191 Å². The quantitative estimate of drug-likeness (QED) is 0.523. The third kappa shape index (κ3) is 6.69. The van der Waals surface area contributed by atoms with Gasteiger partial charge >= 0.3 is 0 Å². The average Bonchev–Trinajstić information content (AvgIpc) is 2.76. The summed E-state index contributed by atoms with van der Waals surface area (Å²) < 4.78 is 38.7. The standard InChI is InChI=1S/C22H27BrN2O5S/c1-29-20-7-2-3-8-21(20)30-14-11-24-22(26)18-9-12-25(13-10-18)31(27,28)16-17-5-4-6-19(23)15-17/h2-8,15,18H,9-14,16H2,1H3,(H,24,26). The van der Waals surface area contributed by atoms with Gasteiger partial charge in [-0.25, -0.2) is 12.7 Å². The van der Waals surface area contributed by atoms with Crippen molar-refractivity contribution < 1.29 is 22.7 Å². The molecular weight excluding hydrogens is 484 g/mol. The highest BCUT2D eigenvalue weighted by Gasteiger charge is 2.31. The van der Waals surface area contributed by atoms with Gasteiger partial charge in [0.05, 0.1) is 19.4 Å². The van der Waals surface area contributed by atoms with Crippen molar-refractivity contribution in [3.8, 4) is 11.5 Å². The minimum absolute atomic E-state index is 0.0381. The number of nitrogens with one attached hydrogen (secondary N) is 1. The van der Waals surface area contributed by atoms with Gasteiger partial charge in [0.1, 0.15) is 6.61 Å². The van der Waals surface area contributed by atoms with Crippen LogP contribution in [0.4, 0.5) is 0 Å².